The van der Waals surface area contributed by atoms with Gasteiger partial charge in [-0.25, -0.2) is 9.67 Å². The first-order valence-electron chi connectivity index (χ1n) is 9.75. The molecule has 1 aliphatic rings. The Kier molecular flexibility index (Phi) is 5.77. The summed E-state index contributed by atoms with van der Waals surface area (Å²) in [7, 11) is 0. The van der Waals surface area contributed by atoms with Gasteiger partial charge in [0.1, 0.15) is 12.7 Å². The molecule has 0 unspecified atom stereocenters. The highest BCUT2D eigenvalue weighted by molar-refractivity contribution is 5.94. The fourth-order valence-electron chi connectivity index (χ4n) is 3.54. The van der Waals surface area contributed by atoms with E-state index >= 15 is 0 Å². The van der Waals surface area contributed by atoms with E-state index in [0.717, 1.165) is 50.3 Å². The second-order valence-corrected chi connectivity index (χ2v) is 7.16. The topological polar surface area (TPSA) is 54.3 Å². The van der Waals surface area contributed by atoms with Crippen LogP contribution >= 0.6 is 0 Å². The van der Waals surface area contributed by atoms with E-state index in [1.807, 2.05) is 29.2 Å². The fraction of sp³-hybridized carbons (Fsp3) is 0.318. The number of hydrogen-bond donors (Lipinski definition) is 0. The molecular weight excluding hydrogens is 350 g/mol. The number of nitrogens with zero attached hydrogens (tertiary/aromatic N) is 5. The molecule has 0 saturated carbocycles. The SMILES string of the molecule is O=C(c1ccc(Cn2cncn2)cc1)N1CCN(CCc2ccccc2)CC1. The number of carbonyl (C=O) groups is 1. The number of benzene rings is 2. The zero-order valence-corrected chi connectivity index (χ0v) is 15.9. The maximum absolute atomic E-state index is 12.8. The second-order valence-electron chi connectivity index (χ2n) is 7.16. The first-order chi connectivity index (χ1) is 13.8. The third-order valence-corrected chi connectivity index (χ3v) is 5.23. The Morgan fingerprint density at radius 2 is 1.64 bits per heavy atom. The second kappa shape index (κ2) is 8.80. The van der Waals surface area contributed by atoms with Gasteiger partial charge < -0.3 is 4.90 Å². The molecule has 1 saturated heterocycles. The number of piperazine rings is 1. The van der Waals surface area contributed by atoms with Gasteiger partial charge in [0.2, 0.25) is 0 Å². The molecule has 0 bridgehead atoms. The summed E-state index contributed by atoms with van der Waals surface area (Å²) in [5.41, 5.74) is 3.22. The minimum absolute atomic E-state index is 0.120. The predicted octanol–water partition coefficient (Wildman–Crippen LogP) is 2.33. The van der Waals surface area contributed by atoms with Crippen LogP contribution in [0.4, 0.5) is 0 Å². The third kappa shape index (κ3) is 4.64. The number of rotatable bonds is 6. The Labute approximate surface area is 165 Å². The first-order valence-corrected chi connectivity index (χ1v) is 9.75. The Morgan fingerprint density at radius 1 is 0.893 bits per heavy atom. The summed E-state index contributed by atoms with van der Waals surface area (Å²) >= 11 is 0. The summed E-state index contributed by atoms with van der Waals surface area (Å²) in [4.78, 5) is 21.1. The molecule has 0 atom stereocenters. The molecule has 0 radical (unpaired) electrons. The molecule has 6 nitrogen and oxygen atoms in total. The summed E-state index contributed by atoms with van der Waals surface area (Å²) in [6, 6.07) is 18.4. The number of aromatic nitrogens is 3. The van der Waals surface area contributed by atoms with Gasteiger partial charge in [0.15, 0.2) is 0 Å². The average molecular weight is 375 g/mol. The lowest BCUT2D eigenvalue weighted by Gasteiger charge is -2.34. The molecule has 2 aromatic carbocycles. The van der Waals surface area contributed by atoms with E-state index < -0.39 is 0 Å². The molecule has 1 fully saturated rings. The van der Waals surface area contributed by atoms with Crippen molar-refractivity contribution in [2.45, 2.75) is 13.0 Å². The largest absolute Gasteiger partial charge is 0.336 e. The van der Waals surface area contributed by atoms with Crippen molar-refractivity contribution in [1.29, 1.82) is 0 Å². The lowest BCUT2D eigenvalue weighted by Crippen LogP contribution is -2.49. The summed E-state index contributed by atoms with van der Waals surface area (Å²) in [5.74, 6) is 0.120. The number of carbonyl (C=O) groups excluding carboxylic acids is 1. The number of hydrogen-bond acceptors (Lipinski definition) is 4. The molecule has 2 heterocycles. The summed E-state index contributed by atoms with van der Waals surface area (Å²) in [6.45, 7) is 5.14. The van der Waals surface area contributed by atoms with E-state index in [4.69, 9.17) is 0 Å². The first kappa shape index (κ1) is 18.4. The summed E-state index contributed by atoms with van der Waals surface area (Å²) in [5, 5.41) is 4.11. The smallest absolute Gasteiger partial charge is 0.253 e. The van der Waals surface area contributed by atoms with Crippen LogP contribution < -0.4 is 0 Å². The Morgan fingerprint density at radius 3 is 2.32 bits per heavy atom. The summed E-state index contributed by atoms with van der Waals surface area (Å²) in [6.07, 6.45) is 4.27. The molecule has 28 heavy (non-hydrogen) atoms. The lowest BCUT2D eigenvalue weighted by atomic mass is 10.1. The highest BCUT2D eigenvalue weighted by Gasteiger charge is 2.21. The molecule has 1 amide bonds. The minimum Gasteiger partial charge on any atom is -0.336 e. The van der Waals surface area contributed by atoms with E-state index in [9.17, 15) is 4.79 Å². The van der Waals surface area contributed by atoms with Crippen molar-refractivity contribution < 1.29 is 4.79 Å². The highest BCUT2D eigenvalue weighted by Crippen LogP contribution is 2.12. The van der Waals surface area contributed by atoms with Crippen LogP contribution in [0.25, 0.3) is 0 Å². The van der Waals surface area contributed by atoms with Crippen molar-refractivity contribution in [2.24, 2.45) is 0 Å². The van der Waals surface area contributed by atoms with Gasteiger partial charge >= 0.3 is 0 Å². The van der Waals surface area contributed by atoms with Gasteiger partial charge in [0.25, 0.3) is 5.91 Å². The standard InChI is InChI=1S/C22H25N5O/c28-22(21-8-6-20(7-9-21)16-27-18-23-17-24-27)26-14-12-25(13-15-26)11-10-19-4-2-1-3-5-19/h1-9,17-18H,10-16H2. The molecule has 1 aromatic heterocycles. The average Bonchev–Trinajstić information content (AvgIpc) is 3.26. The zero-order chi connectivity index (χ0) is 19.2. The van der Waals surface area contributed by atoms with Crippen LogP contribution in [0.15, 0.2) is 67.3 Å². The van der Waals surface area contributed by atoms with Gasteiger partial charge in [-0.2, -0.15) is 5.10 Å². The van der Waals surface area contributed by atoms with E-state index in [0.29, 0.717) is 6.54 Å². The molecular formula is C22H25N5O. The number of amides is 1. The molecule has 4 rings (SSSR count). The molecule has 0 spiro atoms. The predicted molar refractivity (Wildman–Crippen MR) is 108 cm³/mol. The molecule has 6 heteroatoms. The Balaban J connectivity index is 1.26. The van der Waals surface area contributed by atoms with Gasteiger partial charge in [-0.1, -0.05) is 42.5 Å². The Hall–Kier alpha value is -2.99. The molecule has 0 N–H and O–H groups in total. The molecule has 0 aliphatic carbocycles. The van der Waals surface area contributed by atoms with Crippen molar-refractivity contribution in [3.8, 4) is 0 Å². The van der Waals surface area contributed by atoms with Crippen molar-refractivity contribution in [3.05, 3.63) is 83.9 Å². The maximum atomic E-state index is 12.8. The quantitative estimate of drug-likeness (QED) is 0.664. The van der Waals surface area contributed by atoms with E-state index in [-0.39, 0.29) is 5.91 Å². The Bertz CT molecular complexity index is 869. The molecule has 1 aliphatic heterocycles. The fourth-order valence-corrected chi connectivity index (χ4v) is 3.54. The molecule has 3 aromatic rings. The van der Waals surface area contributed by atoms with Crippen LogP contribution in [-0.2, 0) is 13.0 Å². The highest BCUT2D eigenvalue weighted by atomic mass is 16.2. The maximum Gasteiger partial charge on any atom is 0.253 e. The van der Waals surface area contributed by atoms with Crippen LogP contribution in [0.2, 0.25) is 0 Å². The van der Waals surface area contributed by atoms with Crippen LogP contribution in [0.1, 0.15) is 21.5 Å². The monoisotopic (exact) mass is 375 g/mol. The van der Waals surface area contributed by atoms with Crippen molar-refractivity contribution in [2.75, 3.05) is 32.7 Å². The normalized spacial score (nSPS) is 14.9. The van der Waals surface area contributed by atoms with Crippen LogP contribution in [0.5, 0.6) is 0 Å². The van der Waals surface area contributed by atoms with E-state index in [2.05, 4.69) is 45.3 Å². The van der Waals surface area contributed by atoms with Crippen molar-refractivity contribution in [3.63, 3.8) is 0 Å². The van der Waals surface area contributed by atoms with Crippen molar-refractivity contribution >= 4 is 5.91 Å². The van der Waals surface area contributed by atoms with Crippen LogP contribution in [0.3, 0.4) is 0 Å². The summed E-state index contributed by atoms with van der Waals surface area (Å²) < 4.78 is 1.77. The van der Waals surface area contributed by atoms with Crippen molar-refractivity contribution in [1.82, 2.24) is 24.6 Å². The molecule has 144 valence electrons. The van der Waals surface area contributed by atoms with Gasteiger partial charge in [-0.3, -0.25) is 9.69 Å². The van der Waals surface area contributed by atoms with Gasteiger partial charge in [0, 0.05) is 38.3 Å². The van der Waals surface area contributed by atoms with E-state index in [1.165, 1.54) is 11.9 Å². The lowest BCUT2D eigenvalue weighted by molar-refractivity contribution is 0.0638. The van der Waals surface area contributed by atoms with Crippen LogP contribution in [-0.4, -0.2) is 63.2 Å². The zero-order valence-electron chi connectivity index (χ0n) is 15.9. The minimum atomic E-state index is 0.120. The van der Waals surface area contributed by atoms with Crippen LogP contribution in [0, 0.1) is 0 Å². The van der Waals surface area contributed by atoms with Gasteiger partial charge in [-0.15, -0.1) is 0 Å². The van der Waals surface area contributed by atoms with Gasteiger partial charge in [-0.05, 0) is 29.7 Å². The van der Waals surface area contributed by atoms with Gasteiger partial charge in [0.05, 0.1) is 6.54 Å². The van der Waals surface area contributed by atoms with E-state index in [1.54, 1.807) is 11.0 Å². The third-order valence-electron chi connectivity index (χ3n) is 5.23.